The number of hydrogen-bond donors (Lipinski definition) is 2. The molecule has 0 unspecified atom stereocenters. The molecule has 4 saturated heterocycles. The first-order valence-electron chi connectivity index (χ1n) is 14.4. The second-order valence-corrected chi connectivity index (χ2v) is 13.6. The second-order valence-electron chi connectivity index (χ2n) is 12.8. The maximum Gasteiger partial charge on any atom is 0.319 e. The van der Waals surface area contributed by atoms with Gasteiger partial charge in [0.2, 0.25) is 0 Å². The third kappa shape index (κ3) is 4.07. The molecule has 6 heterocycles. The first-order chi connectivity index (χ1) is 20.1. The van der Waals surface area contributed by atoms with Gasteiger partial charge in [0.05, 0.1) is 26.4 Å². The van der Waals surface area contributed by atoms with Crippen LogP contribution in [0.15, 0.2) is 18.3 Å². The molecule has 13 heteroatoms. The number of anilines is 2. The molecule has 1 aromatic carbocycles. The summed E-state index contributed by atoms with van der Waals surface area (Å²) in [6.07, 6.45) is 5.67. The van der Waals surface area contributed by atoms with Crippen molar-refractivity contribution < 1.29 is 17.9 Å². The minimum absolute atomic E-state index is 0.0147. The van der Waals surface area contributed by atoms with Crippen molar-refractivity contribution in [3.8, 4) is 17.3 Å². The Kier molecular flexibility index (Phi) is 5.91. The largest absolute Gasteiger partial charge is 0.461 e. The molecule has 2 aromatic heterocycles. The van der Waals surface area contributed by atoms with Crippen LogP contribution in [0, 0.1) is 11.2 Å². The average molecular weight is 621 g/mol. The van der Waals surface area contributed by atoms with Crippen LogP contribution < -0.4 is 20.7 Å². The van der Waals surface area contributed by atoms with E-state index >= 15 is 4.39 Å². The summed E-state index contributed by atoms with van der Waals surface area (Å²) >= 11 is 12.7. The summed E-state index contributed by atoms with van der Waals surface area (Å²) in [6, 6.07) is 3.65. The van der Waals surface area contributed by atoms with Crippen molar-refractivity contribution in [1.29, 1.82) is 0 Å². The van der Waals surface area contributed by atoms with Gasteiger partial charge in [0.15, 0.2) is 5.82 Å². The number of aromatic nitrogens is 3. The number of nitrogen functional groups attached to an aromatic ring is 1. The van der Waals surface area contributed by atoms with E-state index in [1.165, 1.54) is 12.1 Å². The Morgan fingerprint density at radius 1 is 1.12 bits per heavy atom. The lowest BCUT2D eigenvalue weighted by molar-refractivity contribution is 0.0647. The quantitative estimate of drug-likeness (QED) is 0.372. The van der Waals surface area contributed by atoms with Crippen molar-refractivity contribution in [1.82, 2.24) is 25.2 Å². The van der Waals surface area contributed by atoms with E-state index < -0.39 is 22.7 Å². The first kappa shape index (κ1) is 27.0. The molecule has 1 spiro atoms. The summed E-state index contributed by atoms with van der Waals surface area (Å²) in [5.74, 6) is -2.78. The van der Waals surface area contributed by atoms with E-state index in [1.54, 1.807) is 6.20 Å². The van der Waals surface area contributed by atoms with E-state index in [0.717, 1.165) is 32.2 Å². The number of alkyl halides is 2. The lowest BCUT2D eigenvalue weighted by Gasteiger charge is -2.34. The normalized spacial score (nSPS) is 31.3. The van der Waals surface area contributed by atoms with E-state index in [4.69, 9.17) is 38.7 Å². The van der Waals surface area contributed by atoms with E-state index in [2.05, 4.69) is 25.1 Å². The SMILES string of the molecule is Nc1cc(Cl)c(Cl)c(-c2ncc3c(N4C[C@H]5CC[C@@H](C4)N5)nc(OC[C@@]45CCCN4C[C@@]4(CC4(F)F)C5)nc3c2F)c1. The molecule has 2 bridgehead atoms. The highest BCUT2D eigenvalue weighted by Crippen LogP contribution is 2.69. The molecule has 222 valence electrons. The Hall–Kier alpha value is -2.60. The molecule has 3 aromatic rings. The number of nitrogens with one attached hydrogen (secondary N) is 1. The molecule has 0 radical (unpaired) electrons. The van der Waals surface area contributed by atoms with Crippen LogP contribution in [-0.2, 0) is 0 Å². The maximum absolute atomic E-state index is 16.4. The Morgan fingerprint density at radius 3 is 2.62 bits per heavy atom. The number of pyridine rings is 1. The van der Waals surface area contributed by atoms with Gasteiger partial charge in [0, 0.05) is 55.6 Å². The van der Waals surface area contributed by atoms with Gasteiger partial charge in [-0.25, -0.2) is 13.2 Å². The molecule has 8 rings (SSSR count). The smallest absolute Gasteiger partial charge is 0.319 e. The topological polar surface area (TPSA) is 92.4 Å². The molecule has 1 saturated carbocycles. The highest BCUT2D eigenvalue weighted by Gasteiger charge is 2.77. The number of hydrogen-bond acceptors (Lipinski definition) is 8. The summed E-state index contributed by atoms with van der Waals surface area (Å²) < 4.78 is 51.3. The molecule has 3 N–H and O–H groups in total. The summed E-state index contributed by atoms with van der Waals surface area (Å²) in [5.41, 5.74) is 5.10. The highest BCUT2D eigenvalue weighted by molar-refractivity contribution is 6.44. The molecule has 1 aliphatic carbocycles. The number of rotatable bonds is 5. The number of nitrogens with two attached hydrogens (primary N) is 1. The van der Waals surface area contributed by atoms with Crippen LogP contribution in [0.3, 0.4) is 0 Å². The van der Waals surface area contributed by atoms with E-state index in [-0.39, 0.29) is 45.9 Å². The number of benzene rings is 1. The van der Waals surface area contributed by atoms with Gasteiger partial charge in [-0.15, -0.1) is 0 Å². The lowest BCUT2D eigenvalue weighted by atomic mass is 9.89. The minimum Gasteiger partial charge on any atom is -0.461 e. The van der Waals surface area contributed by atoms with Crippen LogP contribution in [0.2, 0.25) is 10.0 Å². The van der Waals surface area contributed by atoms with Crippen molar-refractivity contribution >= 4 is 45.6 Å². The van der Waals surface area contributed by atoms with E-state index in [9.17, 15) is 8.78 Å². The Labute approximate surface area is 250 Å². The third-order valence-corrected chi connectivity index (χ3v) is 10.9. The monoisotopic (exact) mass is 619 g/mol. The molecule has 42 heavy (non-hydrogen) atoms. The zero-order valence-electron chi connectivity index (χ0n) is 22.8. The molecular weight excluding hydrogens is 590 g/mol. The Bertz CT molecular complexity index is 1620. The number of ether oxygens (including phenoxy) is 1. The minimum atomic E-state index is -2.63. The van der Waals surface area contributed by atoms with Gasteiger partial charge >= 0.3 is 6.01 Å². The van der Waals surface area contributed by atoms with Gasteiger partial charge in [0.1, 0.15) is 23.6 Å². The van der Waals surface area contributed by atoms with Gasteiger partial charge in [-0.2, -0.15) is 9.97 Å². The Balaban J connectivity index is 1.20. The van der Waals surface area contributed by atoms with Crippen LogP contribution in [0.5, 0.6) is 6.01 Å². The molecule has 4 atom stereocenters. The van der Waals surface area contributed by atoms with Gasteiger partial charge in [0.25, 0.3) is 5.92 Å². The fourth-order valence-corrected chi connectivity index (χ4v) is 8.34. The van der Waals surface area contributed by atoms with Crippen LogP contribution in [0.1, 0.15) is 38.5 Å². The van der Waals surface area contributed by atoms with Crippen molar-refractivity contribution in [2.75, 3.05) is 43.4 Å². The molecule has 5 fully saturated rings. The molecule has 4 aliphatic heterocycles. The van der Waals surface area contributed by atoms with Crippen LogP contribution >= 0.6 is 23.2 Å². The summed E-state index contributed by atoms with van der Waals surface area (Å²) in [4.78, 5) is 18.0. The zero-order chi connectivity index (χ0) is 29.0. The first-order valence-corrected chi connectivity index (χ1v) is 15.2. The van der Waals surface area contributed by atoms with Crippen molar-refractivity contribution in [2.24, 2.45) is 5.41 Å². The van der Waals surface area contributed by atoms with E-state index in [0.29, 0.717) is 55.0 Å². The third-order valence-electron chi connectivity index (χ3n) is 10.0. The zero-order valence-corrected chi connectivity index (χ0v) is 24.3. The van der Waals surface area contributed by atoms with Crippen molar-refractivity contribution in [2.45, 2.75) is 62.1 Å². The van der Waals surface area contributed by atoms with Crippen LogP contribution in [0.25, 0.3) is 22.2 Å². The maximum atomic E-state index is 16.4. The second kappa shape index (κ2) is 9.20. The molecule has 0 amide bonds. The summed E-state index contributed by atoms with van der Waals surface area (Å²) in [7, 11) is 0. The van der Waals surface area contributed by atoms with Gasteiger partial charge < -0.3 is 20.7 Å². The number of piperazine rings is 1. The number of halogens is 5. The molecular formula is C29H30Cl2F3N7O. The fraction of sp³-hybridized carbons (Fsp3) is 0.552. The van der Waals surface area contributed by atoms with Crippen LogP contribution in [0.4, 0.5) is 24.7 Å². The van der Waals surface area contributed by atoms with Gasteiger partial charge in [-0.05, 0) is 50.8 Å². The summed E-state index contributed by atoms with van der Waals surface area (Å²) in [6.45, 7) is 2.72. The fourth-order valence-electron chi connectivity index (χ4n) is 7.92. The van der Waals surface area contributed by atoms with Gasteiger partial charge in [-0.3, -0.25) is 9.88 Å². The van der Waals surface area contributed by atoms with Crippen LogP contribution in [-0.4, -0.2) is 76.2 Å². The van der Waals surface area contributed by atoms with Gasteiger partial charge in [-0.1, -0.05) is 23.2 Å². The number of fused-ring (bicyclic) bond motifs is 4. The average Bonchev–Trinajstić information content (AvgIpc) is 3.28. The van der Waals surface area contributed by atoms with E-state index in [1.807, 2.05) is 0 Å². The lowest BCUT2D eigenvalue weighted by Crippen LogP contribution is -2.51. The highest BCUT2D eigenvalue weighted by atomic mass is 35.5. The standard InChI is InChI=1S/C29H30Cl2F3N7O/c30-20-7-15(35)6-18(21(20)31)23-22(32)24-19(8-36-23)25(40-9-16-2-3-17(10-40)37-16)39-26(38-24)42-14-28-4-1-5-41(28)13-27(11-28)12-29(27,33)34/h6-8,16-17,37H,1-5,9-14,35H2/t16-,17+,27-,28-/m0/s1. The van der Waals surface area contributed by atoms with Crippen molar-refractivity contribution in [3.63, 3.8) is 0 Å². The molecule has 5 aliphatic rings. The van der Waals surface area contributed by atoms with Crippen molar-refractivity contribution in [3.05, 3.63) is 34.2 Å². The predicted octanol–water partition coefficient (Wildman–Crippen LogP) is 5.30. The Morgan fingerprint density at radius 2 is 1.88 bits per heavy atom. The number of nitrogens with zero attached hydrogens (tertiary/aromatic N) is 5. The predicted molar refractivity (Wildman–Crippen MR) is 155 cm³/mol. The summed E-state index contributed by atoms with van der Waals surface area (Å²) in [5, 5.41) is 4.38. The molecule has 8 nitrogen and oxygen atoms in total.